The third-order valence-corrected chi connectivity index (χ3v) is 4.63. The molecule has 0 spiro atoms. The quantitative estimate of drug-likeness (QED) is 0.849. The highest BCUT2D eigenvalue weighted by Gasteiger charge is 2.23. The first-order chi connectivity index (χ1) is 10.7. The van der Waals surface area contributed by atoms with Gasteiger partial charge in [0.25, 0.3) is 0 Å². The number of hydrogen-bond acceptors (Lipinski definition) is 2. The standard InChI is InChI=1S/C18H28N2O2/c1-2-15-7-6-11-20(14-15)18(22)19-13-17(10-12-21)16-8-4-3-5-9-16/h3-5,8-9,15,17,21H,2,6-7,10-14H2,1H3,(H,19,22). The Balaban J connectivity index is 1.87. The van der Waals surface area contributed by atoms with Gasteiger partial charge in [0.1, 0.15) is 0 Å². The second kappa shape index (κ2) is 8.79. The summed E-state index contributed by atoms with van der Waals surface area (Å²) in [5.74, 6) is 0.809. The van der Waals surface area contributed by atoms with E-state index in [1.165, 1.54) is 12.0 Å². The average molecular weight is 304 g/mol. The molecule has 4 heteroatoms. The van der Waals surface area contributed by atoms with Crippen molar-refractivity contribution in [2.75, 3.05) is 26.2 Å². The number of hydrogen-bond donors (Lipinski definition) is 2. The van der Waals surface area contributed by atoms with Crippen molar-refractivity contribution in [1.29, 1.82) is 0 Å². The maximum absolute atomic E-state index is 12.4. The fraction of sp³-hybridized carbons (Fsp3) is 0.611. The number of carbonyl (C=O) groups is 1. The highest BCUT2D eigenvalue weighted by Crippen LogP contribution is 2.20. The van der Waals surface area contributed by atoms with Crippen LogP contribution >= 0.6 is 0 Å². The van der Waals surface area contributed by atoms with Crippen molar-refractivity contribution in [2.24, 2.45) is 5.92 Å². The van der Waals surface area contributed by atoms with Crippen LogP contribution in [0.1, 0.15) is 44.1 Å². The second-order valence-corrected chi connectivity index (χ2v) is 6.17. The molecule has 0 bridgehead atoms. The van der Waals surface area contributed by atoms with Gasteiger partial charge in [-0.1, -0.05) is 43.7 Å². The number of likely N-dealkylation sites (tertiary alicyclic amines) is 1. The van der Waals surface area contributed by atoms with Crippen LogP contribution in [-0.4, -0.2) is 42.3 Å². The Labute approximate surface area is 133 Å². The third-order valence-electron chi connectivity index (χ3n) is 4.63. The van der Waals surface area contributed by atoms with Gasteiger partial charge >= 0.3 is 6.03 Å². The number of aliphatic hydroxyl groups is 1. The maximum Gasteiger partial charge on any atom is 0.317 e. The summed E-state index contributed by atoms with van der Waals surface area (Å²) >= 11 is 0. The Morgan fingerprint density at radius 2 is 2.18 bits per heavy atom. The molecular weight excluding hydrogens is 276 g/mol. The lowest BCUT2D eigenvalue weighted by molar-refractivity contribution is 0.163. The number of benzene rings is 1. The minimum Gasteiger partial charge on any atom is -0.396 e. The molecule has 2 atom stereocenters. The zero-order valence-corrected chi connectivity index (χ0v) is 13.5. The van der Waals surface area contributed by atoms with Crippen LogP contribution in [0.2, 0.25) is 0 Å². The lowest BCUT2D eigenvalue weighted by Crippen LogP contribution is -2.46. The number of urea groups is 1. The molecule has 1 saturated heterocycles. The molecule has 1 fully saturated rings. The Morgan fingerprint density at radius 3 is 2.86 bits per heavy atom. The van der Waals surface area contributed by atoms with Crippen LogP contribution in [0.25, 0.3) is 0 Å². The summed E-state index contributed by atoms with van der Waals surface area (Å²) < 4.78 is 0. The van der Waals surface area contributed by atoms with E-state index in [0.29, 0.717) is 18.9 Å². The minimum absolute atomic E-state index is 0.0389. The van der Waals surface area contributed by atoms with Crippen LogP contribution in [-0.2, 0) is 0 Å². The molecule has 1 heterocycles. The Hall–Kier alpha value is -1.55. The molecule has 2 N–H and O–H groups in total. The van der Waals surface area contributed by atoms with Crippen LogP contribution in [0, 0.1) is 5.92 Å². The second-order valence-electron chi connectivity index (χ2n) is 6.17. The molecule has 2 rings (SSSR count). The number of nitrogens with zero attached hydrogens (tertiary/aromatic N) is 1. The van der Waals surface area contributed by atoms with E-state index in [0.717, 1.165) is 25.9 Å². The van der Waals surface area contributed by atoms with E-state index < -0.39 is 0 Å². The number of aliphatic hydroxyl groups excluding tert-OH is 1. The van der Waals surface area contributed by atoms with Crippen molar-refractivity contribution in [3.63, 3.8) is 0 Å². The molecule has 1 aromatic carbocycles. The van der Waals surface area contributed by atoms with Gasteiger partial charge in [-0.25, -0.2) is 4.79 Å². The van der Waals surface area contributed by atoms with E-state index in [-0.39, 0.29) is 18.6 Å². The predicted octanol–water partition coefficient (Wildman–Crippen LogP) is 2.98. The van der Waals surface area contributed by atoms with Gasteiger partial charge in [0.15, 0.2) is 0 Å². The summed E-state index contributed by atoms with van der Waals surface area (Å²) in [5.41, 5.74) is 1.17. The van der Waals surface area contributed by atoms with Gasteiger partial charge in [-0.2, -0.15) is 0 Å². The maximum atomic E-state index is 12.4. The molecule has 1 aliphatic heterocycles. The SMILES string of the molecule is CCC1CCCN(C(=O)NCC(CCO)c2ccccc2)C1. The fourth-order valence-corrected chi connectivity index (χ4v) is 3.17. The van der Waals surface area contributed by atoms with Gasteiger partial charge in [0, 0.05) is 32.2 Å². The summed E-state index contributed by atoms with van der Waals surface area (Å²) in [6, 6.07) is 10.1. The van der Waals surface area contributed by atoms with E-state index >= 15 is 0 Å². The Morgan fingerprint density at radius 1 is 1.41 bits per heavy atom. The number of rotatable bonds is 6. The van der Waals surface area contributed by atoms with Crippen LogP contribution < -0.4 is 5.32 Å². The summed E-state index contributed by atoms with van der Waals surface area (Å²) in [7, 11) is 0. The van der Waals surface area contributed by atoms with E-state index in [4.69, 9.17) is 0 Å². The van der Waals surface area contributed by atoms with Crippen molar-refractivity contribution in [3.8, 4) is 0 Å². The minimum atomic E-state index is 0.0389. The van der Waals surface area contributed by atoms with Crippen LogP contribution in [0.15, 0.2) is 30.3 Å². The van der Waals surface area contributed by atoms with E-state index in [1.54, 1.807) is 0 Å². The number of piperidine rings is 1. The van der Waals surface area contributed by atoms with Crippen molar-refractivity contribution < 1.29 is 9.90 Å². The highest BCUT2D eigenvalue weighted by molar-refractivity contribution is 5.74. The van der Waals surface area contributed by atoms with E-state index in [1.807, 2.05) is 23.1 Å². The first kappa shape index (κ1) is 16.8. The molecule has 0 radical (unpaired) electrons. The average Bonchev–Trinajstić information content (AvgIpc) is 2.59. The highest BCUT2D eigenvalue weighted by atomic mass is 16.3. The summed E-state index contributed by atoms with van der Waals surface area (Å²) in [5, 5.41) is 12.3. The molecule has 1 aromatic rings. The van der Waals surface area contributed by atoms with Gasteiger partial charge in [-0.3, -0.25) is 0 Å². The number of carbonyl (C=O) groups excluding carboxylic acids is 1. The van der Waals surface area contributed by atoms with Crippen molar-refractivity contribution in [1.82, 2.24) is 10.2 Å². The van der Waals surface area contributed by atoms with E-state index in [2.05, 4.69) is 24.4 Å². The predicted molar refractivity (Wildman–Crippen MR) is 88.9 cm³/mol. The lowest BCUT2D eigenvalue weighted by atomic mass is 9.95. The van der Waals surface area contributed by atoms with Gasteiger partial charge in [-0.15, -0.1) is 0 Å². The van der Waals surface area contributed by atoms with Gasteiger partial charge in [0.05, 0.1) is 0 Å². The first-order valence-corrected chi connectivity index (χ1v) is 8.43. The van der Waals surface area contributed by atoms with E-state index in [9.17, 15) is 9.90 Å². The molecule has 0 saturated carbocycles. The number of amides is 2. The first-order valence-electron chi connectivity index (χ1n) is 8.43. The molecule has 0 aromatic heterocycles. The molecule has 1 aliphatic rings. The van der Waals surface area contributed by atoms with Crippen LogP contribution in [0.4, 0.5) is 4.79 Å². The monoisotopic (exact) mass is 304 g/mol. The smallest absolute Gasteiger partial charge is 0.317 e. The Kier molecular flexibility index (Phi) is 6.72. The molecule has 122 valence electrons. The molecule has 4 nitrogen and oxygen atoms in total. The van der Waals surface area contributed by atoms with Crippen molar-refractivity contribution >= 4 is 6.03 Å². The van der Waals surface area contributed by atoms with Crippen molar-refractivity contribution in [2.45, 2.75) is 38.5 Å². The lowest BCUT2D eigenvalue weighted by Gasteiger charge is -2.32. The summed E-state index contributed by atoms with van der Waals surface area (Å²) in [6.07, 6.45) is 4.14. The van der Waals surface area contributed by atoms with Crippen LogP contribution in [0.3, 0.4) is 0 Å². The molecule has 22 heavy (non-hydrogen) atoms. The third kappa shape index (κ3) is 4.73. The topological polar surface area (TPSA) is 52.6 Å². The summed E-state index contributed by atoms with van der Waals surface area (Å²) in [6.45, 7) is 4.64. The normalized spacial score (nSPS) is 19.7. The Bertz CT molecular complexity index is 450. The largest absolute Gasteiger partial charge is 0.396 e. The zero-order valence-electron chi connectivity index (χ0n) is 13.5. The van der Waals surface area contributed by atoms with Gasteiger partial charge < -0.3 is 15.3 Å². The number of nitrogens with one attached hydrogen (secondary N) is 1. The fourth-order valence-electron chi connectivity index (χ4n) is 3.17. The van der Waals surface area contributed by atoms with Crippen molar-refractivity contribution in [3.05, 3.63) is 35.9 Å². The van der Waals surface area contributed by atoms with Crippen LogP contribution in [0.5, 0.6) is 0 Å². The summed E-state index contributed by atoms with van der Waals surface area (Å²) in [4.78, 5) is 14.3. The molecule has 2 unspecified atom stereocenters. The zero-order chi connectivity index (χ0) is 15.8. The molecule has 2 amide bonds. The molecular formula is C18H28N2O2. The van der Waals surface area contributed by atoms with Gasteiger partial charge in [-0.05, 0) is 30.7 Å². The van der Waals surface area contributed by atoms with Gasteiger partial charge in [0.2, 0.25) is 0 Å². The molecule has 0 aliphatic carbocycles.